The summed E-state index contributed by atoms with van der Waals surface area (Å²) in [6.07, 6.45) is 4.44. The number of benzene rings is 1. The van der Waals surface area contributed by atoms with E-state index in [1.165, 1.54) is 24.2 Å². The van der Waals surface area contributed by atoms with Gasteiger partial charge < -0.3 is 0 Å². The van der Waals surface area contributed by atoms with Crippen LogP contribution in [0.15, 0.2) is 18.2 Å². The minimum Gasteiger partial charge on any atom is -0.296 e. The Balaban J connectivity index is 2.01. The van der Waals surface area contributed by atoms with E-state index in [0.29, 0.717) is 10.7 Å². The molecule has 6 heteroatoms. The van der Waals surface area contributed by atoms with Crippen molar-refractivity contribution in [1.29, 1.82) is 0 Å². The average Bonchev–Trinajstić information content (AvgIpc) is 2.89. The molecule has 0 fully saturated rings. The molecule has 0 spiro atoms. The van der Waals surface area contributed by atoms with Crippen LogP contribution in [0.4, 0.5) is 5.13 Å². The number of aryl methyl sites for hydroxylation is 2. The molecule has 1 heterocycles. The number of carbonyl (C=O) groups is 1. The molecule has 112 valence electrons. The fourth-order valence-electron chi connectivity index (χ4n) is 1.92. The van der Waals surface area contributed by atoms with E-state index < -0.39 is 0 Å². The van der Waals surface area contributed by atoms with Crippen LogP contribution in [-0.2, 0) is 6.42 Å². The highest BCUT2D eigenvalue weighted by molar-refractivity contribution is 14.1. The molecule has 4 nitrogen and oxygen atoms in total. The standard InChI is InChI=1S/C15H18IN3OS/c1-3-4-5-9-12-18-19-15(21-12)17-14(20)11-8-6-7-10(2)13(11)16/h6-8H,3-5,9H2,1-2H3,(H,17,19,20). The van der Waals surface area contributed by atoms with Gasteiger partial charge >= 0.3 is 0 Å². The summed E-state index contributed by atoms with van der Waals surface area (Å²) in [4.78, 5) is 12.3. The molecular weight excluding hydrogens is 397 g/mol. The van der Waals surface area contributed by atoms with Gasteiger partial charge in [-0.3, -0.25) is 10.1 Å². The van der Waals surface area contributed by atoms with Crippen LogP contribution in [0, 0.1) is 10.5 Å². The van der Waals surface area contributed by atoms with Crippen molar-refractivity contribution < 1.29 is 4.79 Å². The lowest BCUT2D eigenvalue weighted by Crippen LogP contribution is -2.13. The fourth-order valence-corrected chi connectivity index (χ4v) is 3.30. The molecule has 0 aliphatic heterocycles. The number of nitrogens with one attached hydrogen (secondary N) is 1. The van der Waals surface area contributed by atoms with Gasteiger partial charge in [0.2, 0.25) is 5.13 Å². The van der Waals surface area contributed by atoms with Crippen molar-refractivity contribution >= 4 is 45.0 Å². The van der Waals surface area contributed by atoms with E-state index in [4.69, 9.17) is 0 Å². The molecule has 0 saturated carbocycles. The second kappa shape index (κ2) is 7.84. The zero-order valence-electron chi connectivity index (χ0n) is 12.1. The Hall–Kier alpha value is -1.02. The lowest BCUT2D eigenvalue weighted by Gasteiger charge is -2.05. The van der Waals surface area contributed by atoms with Crippen LogP contribution < -0.4 is 5.32 Å². The van der Waals surface area contributed by atoms with E-state index in [1.807, 2.05) is 25.1 Å². The van der Waals surface area contributed by atoms with Gasteiger partial charge in [-0.1, -0.05) is 43.2 Å². The Kier molecular flexibility index (Phi) is 6.10. The van der Waals surface area contributed by atoms with Gasteiger partial charge in [-0.25, -0.2) is 0 Å². The summed E-state index contributed by atoms with van der Waals surface area (Å²) in [7, 11) is 0. The summed E-state index contributed by atoms with van der Waals surface area (Å²) in [6, 6.07) is 5.71. The van der Waals surface area contributed by atoms with Crippen molar-refractivity contribution in [1.82, 2.24) is 10.2 Å². The first-order valence-electron chi connectivity index (χ1n) is 7.00. The van der Waals surface area contributed by atoms with Crippen molar-refractivity contribution in [2.24, 2.45) is 0 Å². The number of halogens is 1. The first-order valence-corrected chi connectivity index (χ1v) is 8.90. The maximum Gasteiger partial charge on any atom is 0.258 e. The number of hydrogen-bond acceptors (Lipinski definition) is 4. The third kappa shape index (κ3) is 4.47. The number of amides is 1. The Labute approximate surface area is 142 Å². The van der Waals surface area contributed by atoms with E-state index in [1.54, 1.807) is 0 Å². The highest BCUT2D eigenvalue weighted by Gasteiger charge is 2.13. The maximum atomic E-state index is 12.3. The Morgan fingerprint density at radius 1 is 1.33 bits per heavy atom. The van der Waals surface area contributed by atoms with Crippen molar-refractivity contribution in [3.63, 3.8) is 0 Å². The van der Waals surface area contributed by atoms with Crippen LogP contribution in [0.25, 0.3) is 0 Å². The van der Waals surface area contributed by atoms with Crippen LogP contribution in [0.1, 0.15) is 47.1 Å². The number of anilines is 1. The topological polar surface area (TPSA) is 54.9 Å². The summed E-state index contributed by atoms with van der Waals surface area (Å²) in [5.41, 5.74) is 1.78. The Morgan fingerprint density at radius 3 is 2.90 bits per heavy atom. The molecule has 0 saturated heterocycles. The lowest BCUT2D eigenvalue weighted by atomic mass is 10.1. The Bertz CT molecular complexity index is 627. The fraction of sp³-hybridized carbons (Fsp3) is 0.400. The number of unbranched alkanes of at least 4 members (excludes halogenated alkanes) is 2. The van der Waals surface area contributed by atoms with Crippen molar-refractivity contribution in [2.75, 3.05) is 5.32 Å². The van der Waals surface area contributed by atoms with E-state index in [-0.39, 0.29) is 5.91 Å². The predicted molar refractivity (Wildman–Crippen MR) is 95.0 cm³/mol. The average molecular weight is 415 g/mol. The summed E-state index contributed by atoms with van der Waals surface area (Å²) in [5.74, 6) is -0.126. The molecule has 1 aromatic carbocycles. The van der Waals surface area contributed by atoms with Gasteiger partial charge in [-0.05, 0) is 47.6 Å². The molecule has 1 N–H and O–H groups in total. The summed E-state index contributed by atoms with van der Waals surface area (Å²) in [5, 5.41) is 12.6. The van der Waals surface area contributed by atoms with Gasteiger partial charge in [0.1, 0.15) is 5.01 Å². The summed E-state index contributed by atoms with van der Waals surface area (Å²) < 4.78 is 0.972. The largest absolute Gasteiger partial charge is 0.296 e. The molecule has 0 atom stereocenters. The van der Waals surface area contributed by atoms with Crippen molar-refractivity contribution in [2.45, 2.75) is 39.5 Å². The van der Waals surface area contributed by atoms with E-state index >= 15 is 0 Å². The first-order chi connectivity index (χ1) is 10.1. The maximum absolute atomic E-state index is 12.3. The van der Waals surface area contributed by atoms with Gasteiger partial charge in [-0.15, -0.1) is 10.2 Å². The quantitative estimate of drug-likeness (QED) is 0.561. The number of rotatable bonds is 6. The third-order valence-corrected chi connectivity index (χ3v) is 5.45. The summed E-state index contributed by atoms with van der Waals surface area (Å²) >= 11 is 3.66. The summed E-state index contributed by atoms with van der Waals surface area (Å²) in [6.45, 7) is 4.17. The molecule has 0 aliphatic rings. The smallest absolute Gasteiger partial charge is 0.258 e. The van der Waals surface area contributed by atoms with Gasteiger partial charge in [-0.2, -0.15) is 0 Å². The predicted octanol–water partition coefficient (Wildman–Crippen LogP) is 4.44. The SMILES string of the molecule is CCCCCc1nnc(NC(=O)c2cccc(C)c2I)s1. The minimum absolute atomic E-state index is 0.126. The van der Waals surface area contributed by atoms with Crippen LogP contribution in [-0.4, -0.2) is 16.1 Å². The number of aromatic nitrogens is 2. The number of carbonyl (C=O) groups excluding carboxylic acids is 1. The third-order valence-electron chi connectivity index (χ3n) is 3.12. The van der Waals surface area contributed by atoms with Crippen LogP contribution in [0.5, 0.6) is 0 Å². The molecule has 2 rings (SSSR count). The zero-order chi connectivity index (χ0) is 15.2. The number of nitrogens with zero attached hydrogens (tertiary/aromatic N) is 2. The monoisotopic (exact) mass is 415 g/mol. The van der Waals surface area contributed by atoms with Crippen molar-refractivity contribution in [3.05, 3.63) is 37.9 Å². The lowest BCUT2D eigenvalue weighted by molar-refractivity contribution is 0.102. The highest BCUT2D eigenvalue weighted by atomic mass is 127. The minimum atomic E-state index is -0.126. The second-order valence-corrected chi connectivity index (χ2v) is 6.99. The molecular formula is C15H18IN3OS. The van der Waals surface area contributed by atoms with Gasteiger partial charge in [0, 0.05) is 9.99 Å². The molecule has 21 heavy (non-hydrogen) atoms. The van der Waals surface area contributed by atoms with Crippen LogP contribution in [0.3, 0.4) is 0 Å². The Morgan fingerprint density at radius 2 is 2.14 bits per heavy atom. The van der Waals surface area contributed by atoms with Gasteiger partial charge in [0.25, 0.3) is 5.91 Å². The molecule has 0 radical (unpaired) electrons. The van der Waals surface area contributed by atoms with E-state index in [0.717, 1.165) is 27.0 Å². The normalized spacial score (nSPS) is 10.6. The molecule has 1 amide bonds. The molecule has 0 unspecified atom stereocenters. The van der Waals surface area contributed by atoms with Crippen molar-refractivity contribution in [3.8, 4) is 0 Å². The molecule has 1 aromatic heterocycles. The van der Waals surface area contributed by atoms with E-state index in [2.05, 4.69) is 45.0 Å². The first kappa shape index (κ1) is 16.4. The zero-order valence-corrected chi connectivity index (χ0v) is 15.1. The van der Waals surface area contributed by atoms with Crippen LogP contribution in [0.2, 0.25) is 0 Å². The molecule has 0 bridgehead atoms. The highest BCUT2D eigenvalue weighted by Crippen LogP contribution is 2.21. The van der Waals surface area contributed by atoms with E-state index in [9.17, 15) is 4.79 Å². The van der Waals surface area contributed by atoms with Gasteiger partial charge in [0.05, 0.1) is 5.56 Å². The van der Waals surface area contributed by atoms with Crippen LogP contribution >= 0.6 is 33.9 Å². The van der Waals surface area contributed by atoms with Gasteiger partial charge in [0.15, 0.2) is 0 Å². The number of hydrogen-bond donors (Lipinski definition) is 1. The molecule has 2 aromatic rings. The second-order valence-electron chi connectivity index (χ2n) is 4.85. The molecule has 0 aliphatic carbocycles.